The Hall–Kier alpha value is -3.17. The number of aryl methyl sites for hydroxylation is 1. The van der Waals surface area contributed by atoms with Crippen LogP contribution in [0.1, 0.15) is 28.5 Å². The Bertz CT molecular complexity index is 1110. The van der Waals surface area contributed by atoms with Crippen LogP contribution in [0.4, 0.5) is 11.4 Å². The first-order chi connectivity index (χ1) is 15.4. The van der Waals surface area contributed by atoms with Gasteiger partial charge in [-0.05, 0) is 43.7 Å². The number of carbonyl (C=O) groups excluding carboxylic acids is 3. The second-order valence-electron chi connectivity index (χ2n) is 6.79. The number of thiazole rings is 1. The molecule has 166 valence electrons. The first kappa shape index (κ1) is 23.5. The first-order valence-corrected chi connectivity index (χ1v) is 11.8. The Morgan fingerprint density at radius 2 is 1.91 bits per heavy atom. The van der Waals surface area contributed by atoms with E-state index in [9.17, 15) is 14.4 Å². The van der Waals surface area contributed by atoms with Crippen molar-refractivity contribution in [2.75, 3.05) is 23.0 Å². The number of esters is 1. The zero-order chi connectivity index (χ0) is 22.9. The van der Waals surface area contributed by atoms with Crippen molar-refractivity contribution in [1.82, 2.24) is 4.98 Å². The summed E-state index contributed by atoms with van der Waals surface area (Å²) in [6.07, 6.45) is 0.112. The Morgan fingerprint density at radius 1 is 1.09 bits per heavy atom. The van der Waals surface area contributed by atoms with Gasteiger partial charge in [0.1, 0.15) is 0 Å². The molecule has 0 radical (unpaired) electrons. The van der Waals surface area contributed by atoms with Gasteiger partial charge < -0.3 is 15.4 Å². The zero-order valence-corrected chi connectivity index (χ0v) is 19.3. The summed E-state index contributed by atoms with van der Waals surface area (Å²) in [5.41, 5.74) is 3.15. The molecule has 2 amide bonds. The lowest BCUT2D eigenvalue weighted by Crippen LogP contribution is -2.19. The van der Waals surface area contributed by atoms with Crippen LogP contribution in [0.5, 0.6) is 0 Å². The Morgan fingerprint density at radius 3 is 2.69 bits per heavy atom. The molecule has 0 saturated heterocycles. The minimum absolute atomic E-state index is 0.112. The predicted molar refractivity (Wildman–Crippen MR) is 127 cm³/mol. The number of thioether (sulfide) groups is 1. The van der Waals surface area contributed by atoms with Crippen molar-refractivity contribution < 1.29 is 19.1 Å². The second kappa shape index (κ2) is 11.4. The summed E-state index contributed by atoms with van der Waals surface area (Å²) in [4.78, 5) is 41.1. The minimum atomic E-state index is -0.326. The smallest absolute Gasteiger partial charge is 0.311 e. The van der Waals surface area contributed by atoms with Gasteiger partial charge >= 0.3 is 5.97 Å². The number of rotatable bonds is 9. The average molecular weight is 470 g/mol. The highest BCUT2D eigenvalue weighted by Crippen LogP contribution is 2.24. The molecule has 0 aliphatic rings. The maximum absolute atomic E-state index is 12.7. The van der Waals surface area contributed by atoms with E-state index in [-0.39, 0.29) is 30.0 Å². The van der Waals surface area contributed by atoms with Crippen LogP contribution in [0.25, 0.3) is 0 Å². The van der Waals surface area contributed by atoms with Crippen LogP contribution < -0.4 is 10.6 Å². The fourth-order valence-corrected chi connectivity index (χ4v) is 4.47. The molecule has 0 aliphatic heterocycles. The second-order valence-corrected chi connectivity index (χ2v) is 8.87. The monoisotopic (exact) mass is 469 g/mol. The highest BCUT2D eigenvalue weighted by Gasteiger charge is 2.15. The van der Waals surface area contributed by atoms with Gasteiger partial charge in [-0.2, -0.15) is 0 Å². The van der Waals surface area contributed by atoms with Gasteiger partial charge in [-0.1, -0.05) is 36.0 Å². The average Bonchev–Trinajstić information content (AvgIpc) is 3.20. The highest BCUT2D eigenvalue weighted by atomic mass is 32.2. The number of hydrogen-bond donors (Lipinski definition) is 2. The molecule has 32 heavy (non-hydrogen) atoms. The number of aromatic nitrogens is 1. The molecule has 7 nitrogen and oxygen atoms in total. The lowest BCUT2D eigenvalue weighted by molar-refractivity contribution is -0.142. The van der Waals surface area contributed by atoms with Crippen LogP contribution in [0.15, 0.2) is 58.3 Å². The number of amides is 2. The van der Waals surface area contributed by atoms with E-state index >= 15 is 0 Å². The molecule has 0 spiro atoms. The van der Waals surface area contributed by atoms with Crippen LogP contribution in [0.3, 0.4) is 0 Å². The molecular weight excluding hydrogens is 446 g/mol. The van der Waals surface area contributed by atoms with E-state index in [1.165, 1.54) is 23.1 Å². The van der Waals surface area contributed by atoms with E-state index in [0.717, 1.165) is 5.56 Å². The normalized spacial score (nSPS) is 10.4. The van der Waals surface area contributed by atoms with Crippen molar-refractivity contribution in [3.63, 3.8) is 0 Å². The van der Waals surface area contributed by atoms with Gasteiger partial charge in [0.25, 0.3) is 5.91 Å². The lowest BCUT2D eigenvalue weighted by atomic mass is 10.1. The van der Waals surface area contributed by atoms with Gasteiger partial charge in [-0.25, -0.2) is 4.98 Å². The summed E-state index contributed by atoms with van der Waals surface area (Å²) >= 11 is 2.64. The van der Waals surface area contributed by atoms with Crippen LogP contribution >= 0.6 is 23.1 Å². The molecule has 0 unspecified atom stereocenters. The molecule has 0 aliphatic carbocycles. The van der Waals surface area contributed by atoms with E-state index in [1.807, 2.05) is 31.2 Å². The fraction of sp³-hybridized carbons (Fsp3) is 0.217. The summed E-state index contributed by atoms with van der Waals surface area (Å²) in [6.45, 7) is 4.03. The summed E-state index contributed by atoms with van der Waals surface area (Å²) in [5.74, 6) is -0.761. The summed E-state index contributed by atoms with van der Waals surface area (Å²) in [7, 11) is 0. The third-order valence-electron chi connectivity index (χ3n) is 4.21. The molecule has 2 aromatic carbocycles. The number of hydrogen-bond acceptors (Lipinski definition) is 7. The Kier molecular flexibility index (Phi) is 8.41. The molecule has 9 heteroatoms. The van der Waals surface area contributed by atoms with Crippen molar-refractivity contribution in [1.29, 1.82) is 0 Å². The van der Waals surface area contributed by atoms with Gasteiger partial charge in [0.15, 0.2) is 4.34 Å². The third kappa shape index (κ3) is 6.93. The Labute approximate surface area is 194 Å². The minimum Gasteiger partial charge on any atom is -0.466 e. The number of para-hydroxylation sites is 1. The van der Waals surface area contributed by atoms with Gasteiger partial charge in [0.05, 0.1) is 35.7 Å². The maximum Gasteiger partial charge on any atom is 0.311 e. The largest absolute Gasteiger partial charge is 0.466 e. The van der Waals surface area contributed by atoms with Crippen LogP contribution in [-0.2, 0) is 20.7 Å². The summed E-state index contributed by atoms with van der Waals surface area (Å²) < 4.78 is 5.60. The maximum atomic E-state index is 12.7. The number of anilines is 2. The standard InChI is InChI=1S/C23H23N3O4S2/c1-3-30-21(28)12-17-13-31-23(25-17)32-14-20(27)26-19-10-5-4-9-18(19)22(29)24-16-8-6-7-15(2)11-16/h4-11,13H,3,12,14H2,1-2H3,(H,24,29)(H,26,27). The molecule has 1 heterocycles. The van der Waals surface area contributed by atoms with Gasteiger partial charge in [-0.3, -0.25) is 14.4 Å². The molecule has 1 aromatic heterocycles. The molecule has 0 saturated carbocycles. The third-order valence-corrected chi connectivity index (χ3v) is 6.28. The van der Waals surface area contributed by atoms with Gasteiger partial charge in [0, 0.05) is 11.1 Å². The van der Waals surface area contributed by atoms with Gasteiger partial charge in [-0.15, -0.1) is 11.3 Å². The number of nitrogens with zero attached hydrogens (tertiary/aromatic N) is 1. The zero-order valence-electron chi connectivity index (χ0n) is 17.7. The summed E-state index contributed by atoms with van der Waals surface area (Å²) in [5, 5.41) is 7.43. The SMILES string of the molecule is CCOC(=O)Cc1csc(SCC(=O)Nc2ccccc2C(=O)Nc2cccc(C)c2)n1. The van der Waals surface area contributed by atoms with Crippen LogP contribution in [0.2, 0.25) is 0 Å². The highest BCUT2D eigenvalue weighted by molar-refractivity contribution is 8.01. The van der Waals surface area contributed by atoms with E-state index in [2.05, 4.69) is 15.6 Å². The van der Waals surface area contributed by atoms with E-state index in [0.29, 0.717) is 33.6 Å². The number of nitrogens with one attached hydrogen (secondary N) is 2. The topological polar surface area (TPSA) is 97.4 Å². The number of benzene rings is 2. The van der Waals surface area contributed by atoms with Crippen LogP contribution in [-0.4, -0.2) is 35.1 Å². The van der Waals surface area contributed by atoms with Crippen molar-refractivity contribution in [2.24, 2.45) is 0 Å². The molecule has 3 rings (SSSR count). The van der Waals surface area contributed by atoms with E-state index in [4.69, 9.17) is 4.74 Å². The number of ether oxygens (including phenoxy) is 1. The Balaban J connectivity index is 1.57. The number of carbonyl (C=O) groups is 3. The van der Waals surface area contributed by atoms with Crippen LogP contribution in [0, 0.1) is 6.92 Å². The fourth-order valence-electron chi connectivity index (χ4n) is 2.82. The first-order valence-electron chi connectivity index (χ1n) is 9.94. The molecule has 0 fully saturated rings. The van der Waals surface area contributed by atoms with Crippen molar-refractivity contribution in [2.45, 2.75) is 24.6 Å². The molecular formula is C23H23N3O4S2. The summed E-state index contributed by atoms with van der Waals surface area (Å²) in [6, 6.07) is 14.4. The van der Waals surface area contributed by atoms with Crippen molar-refractivity contribution in [3.8, 4) is 0 Å². The van der Waals surface area contributed by atoms with Crippen molar-refractivity contribution in [3.05, 3.63) is 70.7 Å². The molecule has 3 aromatic rings. The quantitative estimate of drug-likeness (QED) is 0.353. The van der Waals surface area contributed by atoms with E-state index in [1.54, 1.807) is 36.6 Å². The van der Waals surface area contributed by atoms with E-state index < -0.39 is 0 Å². The molecule has 0 bridgehead atoms. The molecule has 0 atom stereocenters. The lowest BCUT2D eigenvalue weighted by Gasteiger charge is -2.11. The van der Waals surface area contributed by atoms with Crippen molar-refractivity contribution >= 4 is 52.3 Å². The van der Waals surface area contributed by atoms with Gasteiger partial charge in [0.2, 0.25) is 5.91 Å². The predicted octanol–water partition coefficient (Wildman–Crippen LogP) is 4.54. The molecule has 2 N–H and O–H groups in total.